The van der Waals surface area contributed by atoms with Crippen molar-refractivity contribution in [1.82, 2.24) is 0 Å². The lowest BCUT2D eigenvalue weighted by molar-refractivity contribution is 0.418. The van der Waals surface area contributed by atoms with E-state index in [4.69, 9.17) is 9.47 Å². The lowest BCUT2D eigenvalue weighted by Crippen LogP contribution is -1.91. The summed E-state index contributed by atoms with van der Waals surface area (Å²) >= 11 is 0. The van der Waals surface area contributed by atoms with E-state index >= 15 is 0 Å². The fraction of sp³-hybridized carbons (Fsp3) is 0.0526. The normalized spacial score (nSPS) is 10.1. The highest BCUT2D eigenvalue weighted by atomic mass is 16.5. The quantitative estimate of drug-likeness (QED) is 0.619. The zero-order valence-electron chi connectivity index (χ0n) is 11.8. The summed E-state index contributed by atoms with van der Waals surface area (Å²) in [5.41, 5.74) is 1.13. The van der Waals surface area contributed by atoms with Gasteiger partial charge in [0, 0.05) is 0 Å². The van der Waals surface area contributed by atoms with Crippen molar-refractivity contribution in [3.05, 3.63) is 84.4 Å². The first kappa shape index (κ1) is 13.3. The van der Waals surface area contributed by atoms with E-state index < -0.39 is 0 Å². The van der Waals surface area contributed by atoms with Crippen LogP contribution in [-0.2, 0) is 0 Å². The average Bonchev–Trinajstić information content (AvgIpc) is 2.52. The molecule has 2 heteroatoms. The summed E-state index contributed by atoms with van der Waals surface area (Å²) < 4.78 is 11.8. The molecule has 3 aromatic carbocycles. The summed E-state index contributed by atoms with van der Waals surface area (Å²) in [5.74, 6) is 3.00. The van der Waals surface area contributed by atoms with E-state index in [2.05, 4.69) is 0 Å². The van der Waals surface area contributed by atoms with E-state index in [1.165, 1.54) is 0 Å². The molecule has 0 saturated carbocycles. The molecule has 0 aliphatic rings. The van der Waals surface area contributed by atoms with Crippen LogP contribution in [0, 0.1) is 6.92 Å². The smallest absolute Gasteiger partial charge is 0.170 e. The molecule has 2 nitrogen and oxygen atoms in total. The molecule has 0 atom stereocenters. The Morgan fingerprint density at radius 2 is 1.10 bits per heavy atom. The van der Waals surface area contributed by atoms with Crippen molar-refractivity contribution in [2.75, 3.05) is 0 Å². The predicted octanol–water partition coefficient (Wildman–Crippen LogP) is 5.58. The Hall–Kier alpha value is -2.74. The van der Waals surface area contributed by atoms with Crippen molar-refractivity contribution in [2.45, 2.75) is 6.92 Å². The molecule has 0 bridgehead atoms. The van der Waals surface area contributed by atoms with Crippen LogP contribution in [0.2, 0.25) is 0 Å². The van der Waals surface area contributed by atoms with Crippen molar-refractivity contribution < 1.29 is 9.47 Å². The van der Waals surface area contributed by atoms with Gasteiger partial charge in [0.2, 0.25) is 0 Å². The van der Waals surface area contributed by atoms with Crippen LogP contribution in [-0.4, -0.2) is 0 Å². The minimum atomic E-state index is 0.704. The number of hydrogen-bond donors (Lipinski definition) is 0. The van der Waals surface area contributed by atoms with Gasteiger partial charge in [-0.2, -0.15) is 0 Å². The van der Waals surface area contributed by atoms with Crippen molar-refractivity contribution in [3.63, 3.8) is 0 Å². The lowest BCUT2D eigenvalue weighted by atomic mass is 10.2. The van der Waals surface area contributed by atoms with Crippen molar-refractivity contribution in [2.24, 2.45) is 0 Å². The first-order valence-electron chi connectivity index (χ1n) is 6.88. The largest absolute Gasteiger partial charge is 0.453 e. The second-order valence-corrected chi connectivity index (χ2v) is 4.78. The van der Waals surface area contributed by atoms with E-state index in [0.717, 1.165) is 17.1 Å². The molecule has 21 heavy (non-hydrogen) atoms. The number of rotatable bonds is 4. The first-order chi connectivity index (χ1) is 10.3. The summed E-state index contributed by atoms with van der Waals surface area (Å²) in [6, 6.07) is 25.3. The Balaban J connectivity index is 1.90. The number of benzene rings is 3. The zero-order valence-corrected chi connectivity index (χ0v) is 11.8. The van der Waals surface area contributed by atoms with Gasteiger partial charge >= 0.3 is 0 Å². The van der Waals surface area contributed by atoms with Gasteiger partial charge in [0.05, 0.1) is 0 Å². The third-order valence-corrected chi connectivity index (χ3v) is 3.04. The highest BCUT2D eigenvalue weighted by Crippen LogP contribution is 2.35. The third kappa shape index (κ3) is 3.42. The number of ether oxygens (including phenoxy) is 2. The fourth-order valence-corrected chi connectivity index (χ4v) is 2.01. The molecule has 3 aromatic rings. The standard InChI is InChI=1S/C19H16O2/c1-15-12-13-18(20-16-8-4-2-5-9-16)19(14-15)21-17-10-6-3-7-11-17/h2-14H,1H3. The molecule has 0 spiro atoms. The molecule has 0 aliphatic heterocycles. The monoisotopic (exact) mass is 276 g/mol. The van der Waals surface area contributed by atoms with Crippen LogP contribution in [0.3, 0.4) is 0 Å². The van der Waals surface area contributed by atoms with Crippen LogP contribution >= 0.6 is 0 Å². The van der Waals surface area contributed by atoms with Gasteiger partial charge in [0.15, 0.2) is 11.5 Å². The zero-order chi connectivity index (χ0) is 14.5. The highest BCUT2D eigenvalue weighted by molar-refractivity contribution is 5.47. The van der Waals surface area contributed by atoms with Gasteiger partial charge in [-0.25, -0.2) is 0 Å². The van der Waals surface area contributed by atoms with Crippen LogP contribution < -0.4 is 9.47 Å². The van der Waals surface area contributed by atoms with Crippen LogP contribution in [0.4, 0.5) is 0 Å². The molecule has 0 radical (unpaired) electrons. The van der Waals surface area contributed by atoms with Crippen LogP contribution in [0.1, 0.15) is 5.56 Å². The van der Waals surface area contributed by atoms with E-state index in [-0.39, 0.29) is 0 Å². The van der Waals surface area contributed by atoms with Gasteiger partial charge in [0.1, 0.15) is 11.5 Å². The predicted molar refractivity (Wildman–Crippen MR) is 84.2 cm³/mol. The Kier molecular flexibility index (Phi) is 3.88. The molecule has 3 rings (SSSR count). The van der Waals surface area contributed by atoms with Gasteiger partial charge in [-0.05, 0) is 48.9 Å². The van der Waals surface area contributed by atoms with Crippen LogP contribution in [0.25, 0.3) is 0 Å². The Bertz CT molecular complexity index is 706. The molecule has 0 saturated heterocycles. The SMILES string of the molecule is Cc1ccc(Oc2ccccc2)c(Oc2ccccc2)c1. The Morgan fingerprint density at radius 3 is 1.67 bits per heavy atom. The maximum absolute atomic E-state index is 5.94. The second-order valence-electron chi connectivity index (χ2n) is 4.78. The minimum Gasteiger partial charge on any atom is -0.453 e. The maximum Gasteiger partial charge on any atom is 0.170 e. The molecule has 0 unspecified atom stereocenters. The molecule has 0 fully saturated rings. The third-order valence-electron chi connectivity index (χ3n) is 3.04. The van der Waals surface area contributed by atoms with Crippen molar-refractivity contribution in [3.8, 4) is 23.0 Å². The summed E-state index contributed by atoms with van der Waals surface area (Å²) in [4.78, 5) is 0. The highest BCUT2D eigenvalue weighted by Gasteiger charge is 2.08. The number of aryl methyl sites for hydroxylation is 1. The number of hydrogen-bond acceptors (Lipinski definition) is 2. The molecule has 0 aliphatic carbocycles. The Morgan fingerprint density at radius 1 is 0.571 bits per heavy atom. The van der Waals surface area contributed by atoms with E-state index in [1.54, 1.807) is 0 Å². The summed E-state index contributed by atoms with van der Waals surface area (Å²) in [5, 5.41) is 0. The van der Waals surface area contributed by atoms with Gasteiger partial charge in [-0.15, -0.1) is 0 Å². The van der Waals surface area contributed by atoms with Crippen molar-refractivity contribution in [1.29, 1.82) is 0 Å². The fourth-order valence-electron chi connectivity index (χ4n) is 2.01. The minimum absolute atomic E-state index is 0.704. The average molecular weight is 276 g/mol. The van der Waals surface area contributed by atoms with E-state index in [0.29, 0.717) is 11.5 Å². The van der Waals surface area contributed by atoms with Crippen LogP contribution in [0.15, 0.2) is 78.9 Å². The summed E-state index contributed by atoms with van der Waals surface area (Å²) in [7, 11) is 0. The molecular weight excluding hydrogens is 260 g/mol. The maximum atomic E-state index is 5.94. The van der Waals surface area contributed by atoms with Gasteiger partial charge in [0.25, 0.3) is 0 Å². The summed E-state index contributed by atoms with van der Waals surface area (Å²) in [6.45, 7) is 2.03. The Labute approximate surface area is 124 Å². The van der Waals surface area contributed by atoms with Gasteiger partial charge < -0.3 is 9.47 Å². The van der Waals surface area contributed by atoms with E-state index in [1.807, 2.05) is 85.8 Å². The first-order valence-corrected chi connectivity index (χ1v) is 6.88. The molecule has 0 N–H and O–H groups in total. The van der Waals surface area contributed by atoms with Crippen molar-refractivity contribution >= 4 is 0 Å². The van der Waals surface area contributed by atoms with E-state index in [9.17, 15) is 0 Å². The molecule has 0 aromatic heterocycles. The van der Waals surface area contributed by atoms with Crippen LogP contribution in [0.5, 0.6) is 23.0 Å². The molecule has 104 valence electrons. The molecule has 0 amide bonds. The van der Waals surface area contributed by atoms with Gasteiger partial charge in [-0.1, -0.05) is 42.5 Å². The summed E-state index contributed by atoms with van der Waals surface area (Å²) in [6.07, 6.45) is 0. The number of para-hydroxylation sites is 2. The topological polar surface area (TPSA) is 18.5 Å². The lowest BCUT2D eigenvalue weighted by Gasteiger charge is -2.13. The van der Waals surface area contributed by atoms with Gasteiger partial charge in [-0.3, -0.25) is 0 Å². The molecule has 0 heterocycles. The molecular formula is C19H16O2. The second kappa shape index (κ2) is 6.14.